The molecular formula is C15H14ClN3O3. The van der Waals surface area contributed by atoms with Gasteiger partial charge in [-0.3, -0.25) is 4.79 Å². The van der Waals surface area contributed by atoms with Crippen LogP contribution in [0.4, 0.5) is 5.69 Å². The van der Waals surface area contributed by atoms with Crippen LogP contribution in [0, 0.1) is 0 Å². The fourth-order valence-electron chi connectivity index (χ4n) is 1.73. The lowest BCUT2D eigenvalue weighted by Crippen LogP contribution is -2.17. The minimum Gasteiger partial charge on any atom is -0.503 e. The third-order valence-electron chi connectivity index (χ3n) is 2.80. The molecule has 22 heavy (non-hydrogen) atoms. The molecule has 1 amide bonds. The van der Waals surface area contributed by atoms with Gasteiger partial charge in [-0.25, -0.2) is 5.43 Å². The first-order valence-electron chi connectivity index (χ1n) is 6.26. The van der Waals surface area contributed by atoms with Crippen molar-refractivity contribution in [3.63, 3.8) is 0 Å². The molecule has 0 heterocycles. The van der Waals surface area contributed by atoms with Gasteiger partial charge in [0.05, 0.1) is 18.3 Å². The molecule has 0 atom stereocenters. The van der Waals surface area contributed by atoms with E-state index in [0.29, 0.717) is 16.8 Å². The number of anilines is 1. The molecule has 0 radical (unpaired) electrons. The number of carbonyl (C=O) groups is 1. The molecule has 0 unspecified atom stereocenters. The average molecular weight is 320 g/mol. The number of aromatic hydroxyl groups is 1. The largest absolute Gasteiger partial charge is 0.503 e. The van der Waals surface area contributed by atoms with Crippen molar-refractivity contribution in [2.45, 2.75) is 0 Å². The minimum absolute atomic E-state index is 0.128. The highest BCUT2D eigenvalue weighted by Gasteiger charge is 2.08. The quantitative estimate of drug-likeness (QED) is 0.458. The maximum Gasteiger partial charge on any atom is 0.271 e. The van der Waals surface area contributed by atoms with Crippen LogP contribution >= 0.6 is 11.6 Å². The standard InChI is InChI=1S/C15H14ClN3O3/c1-22-13-6-9(5-12(16)14(13)20)8-18-19-15(21)10-3-2-4-11(17)7-10/h2-8,20H,17H2,1H3,(H,19,21)/b18-8-. The van der Waals surface area contributed by atoms with Crippen LogP contribution in [0.2, 0.25) is 5.02 Å². The highest BCUT2D eigenvalue weighted by molar-refractivity contribution is 6.32. The Morgan fingerprint density at radius 2 is 2.18 bits per heavy atom. The number of methoxy groups -OCH3 is 1. The molecule has 2 rings (SSSR count). The van der Waals surface area contributed by atoms with Gasteiger partial charge in [-0.15, -0.1) is 0 Å². The maximum absolute atomic E-state index is 11.9. The Bertz CT molecular complexity index is 732. The molecule has 0 aliphatic heterocycles. The number of nitrogens with one attached hydrogen (secondary N) is 1. The maximum atomic E-state index is 11.9. The van der Waals surface area contributed by atoms with Gasteiger partial charge < -0.3 is 15.6 Å². The number of nitrogen functional groups attached to an aromatic ring is 1. The summed E-state index contributed by atoms with van der Waals surface area (Å²) in [6, 6.07) is 9.57. The number of carbonyl (C=O) groups excluding carboxylic acids is 1. The number of phenols is 1. The van der Waals surface area contributed by atoms with Crippen LogP contribution < -0.4 is 15.9 Å². The van der Waals surface area contributed by atoms with Crippen LogP contribution in [-0.4, -0.2) is 24.3 Å². The van der Waals surface area contributed by atoms with Crippen molar-refractivity contribution >= 4 is 29.4 Å². The summed E-state index contributed by atoms with van der Waals surface area (Å²) in [5.41, 5.74) is 9.44. The first-order chi connectivity index (χ1) is 10.5. The van der Waals surface area contributed by atoms with Crippen molar-refractivity contribution in [2.75, 3.05) is 12.8 Å². The highest BCUT2D eigenvalue weighted by Crippen LogP contribution is 2.34. The third-order valence-corrected chi connectivity index (χ3v) is 3.09. The molecule has 4 N–H and O–H groups in total. The number of hydrogen-bond donors (Lipinski definition) is 3. The highest BCUT2D eigenvalue weighted by atomic mass is 35.5. The van der Waals surface area contributed by atoms with E-state index in [1.165, 1.54) is 25.5 Å². The number of hydrogen-bond acceptors (Lipinski definition) is 5. The number of benzene rings is 2. The van der Waals surface area contributed by atoms with Crippen LogP contribution in [0.25, 0.3) is 0 Å². The first kappa shape index (κ1) is 15.7. The van der Waals surface area contributed by atoms with E-state index in [0.717, 1.165) is 0 Å². The Balaban J connectivity index is 2.10. The molecule has 7 heteroatoms. The summed E-state index contributed by atoms with van der Waals surface area (Å²) >= 11 is 5.86. The van der Waals surface area contributed by atoms with E-state index in [4.69, 9.17) is 22.1 Å². The Kier molecular flexibility index (Phi) is 4.85. The zero-order valence-electron chi connectivity index (χ0n) is 11.7. The fraction of sp³-hybridized carbons (Fsp3) is 0.0667. The SMILES string of the molecule is COc1cc(/C=N\NC(=O)c2cccc(N)c2)cc(Cl)c1O. The summed E-state index contributed by atoms with van der Waals surface area (Å²) in [5.74, 6) is -0.318. The van der Waals surface area contributed by atoms with Gasteiger partial charge in [0, 0.05) is 11.3 Å². The van der Waals surface area contributed by atoms with Crippen molar-refractivity contribution in [3.05, 3.63) is 52.5 Å². The van der Waals surface area contributed by atoms with Crippen LogP contribution in [-0.2, 0) is 0 Å². The molecule has 0 aromatic heterocycles. The Morgan fingerprint density at radius 3 is 2.86 bits per heavy atom. The Labute approximate surface area is 132 Å². The molecule has 0 bridgehead atoms. The summed E-state index contributed by atoms with van der Waals surface area (Å²) in [7, 11) is 1.41. The van der Waals surface area contributed by atoms with Crippen LogP contribution in [0.3, 0.4) is 0 Å². The smallest absolute Gasteiger partial charge is 0.271 e. The van der Waals surface area contributed by atoms with Gasteiger partial charge >= 0.3 is 0 Å². The number of nitrogens with two attached hydrogens (primary N) is 1. The Hall–Kier alpha value is -2.73. The molecule has 0 spiro atoms. The van der Waals surface area contributed by atoms with Crippen molar-refractivity contribution in [3.8, 4) is 11.5 Å². The van der Waals surface area contributed by atoms with E-state index in [2.05, 4.69) is 10.5 Å². The molecule has 2 aromatic carbocycles. The van der Waals surface area contributed by atoms with Crippen molar-refractivity contribution in [1.29, 1.82) is 0 Å². The number of nitrogens with zero attached hydrogens (tertiary/aromatic N) is 1. The topological polar surface area (TPSA) is 96.9 Å². The van der Waals surface area contributed by atoms with Crippen LogP contribution in [0.1, 0.15) is 15.9 Å². The summed E-state index contributed by atoms with van der Waals surface area (Å²) in [6.07, 6.45) is 1.39. The molecule has 0 fully saturated rings. The van der Waals surface area contributed by atoms with Crippen LogP contribution in [0.5, 0.6) is 11.5 Å². The van der Waals surface area contributed by atoms with Gasteiger partial charge in [0.1, 0.15) is 0 Å². The number of hydrazone groups is 1. The van der Waals surface area contributed by atoms with Crippen molar-refractivity contribution in [1.82, 2.24) is 5.43 Å². The number of amides is 1. The van der Waals surface area contributed by atoms with Crippen molar-refractivity contribution in [2.24, 2.45) is 5.10 Å². The predicted molar refractivity (Wildman–Crippen MR) is 85.6 cm³/mol. The molecule has 114 valence electrons. The zero-order valence-corrected chi connectivity index (χ0v) is 12.5. The second kappa shape index (κ2) is 6.82. The Morgan fingerprint density at radius 1 is 1.41 bits per heavy atom. The fourth-order valence-corrected chi connectivity index (χ4v) is 1.95. The molecule has 0 saturated heterocycles. The monoisotopic (exact) mass is 319 g/mol. The number of halogens is 1. The number of ether oxygens (including phenoxy) is 1. The summed E-state index contributed by atoms with van der Waals surface area (Å²) in [6.45, 7) is 0. The van der Waals surface area contributed by atoms with Crippen LogP contribution in [0.15, 0.2) is 41.5 Å². The van der Waals surface area contributed by atoms with Gasteiger partial charge in [-0.2, -0.15) is 5.10 Å². The zero-order chi connectivity index (χ0) is 16.1. The summed E-state index contributed by atoms with van der Waals surface area (Å²) in [4.78, 5) is 11.9. The van der Waals surface area contributed by atoms with Gasteiger partial charge in [-0.05, 0) is 35.9 Å². The molecule has 6 nitrogen and oxygen atoms in total. The second-order valence-electron chi connectivity index (χ2n) is 4.38. The van der Waals surface area contributed by atoms with E-state index >= 15 is 0 Å². The second-order valence-corrected chi connectivity index (χ2v) is 4.79. The summed E-state index contributed by atoms with van der Waals surface area (Å²) < 4.78 is 4.98. The molecule has 2 aromatic rings. The van der Waals surface area contributed by atoms with Gasteiger partial charge in [0.15, 0.2) is 11.5 Å². The lowest BCUT2D eigenvalue weighted by atomic mass is 10.2. The average Bonchev–Trinajstić information content (AvgIpc) is 2.50. The lowest BCUT2D eigenvalue weighted by Gasteiger charge is -2.06. The number of rotatable bonds is 4. The minimum atomic E-state index is -0.389. The molecule has 0 saturated carbocycles. The normalized spacial score (nSPS) is 10.6. The van der Waals surface area contributed by atoms with Crippen molar-refractivity contribution < 1.29 is 14.6 Å². The van der Waals surface area contributed by atoms with E-state index in [1.54, 1.807) is 24.3 Å². The lowest BCUT2D eigenvalue weighted by molar-refractivity contribution is 0.0955. The first-order valence-corrected chi connectivity index (χ1v) is 6.64. The predicted octanol–water partition coefficient (Wildman–Crippen LogP) is 2.40. The molecule has 0 aliphatic rings. The van der Waals surface area contributed by atoms with Gasteiger partial charge in [0.25, 0.3) is 5.91 Å². The van der Waals surface area contributed by atoms with Gasteiger partial charge in [0.2, 0.25) is 0 Å². The summed E-state index contributed by atoms with van der Waals surface area (Å²) in [5, 5.41) is 13.6. The van der Waals surface area contributed by atoms with E-state index < -0.39 is 0 Å². The molecule has 0 aliphatic carbocycles. The van der Waals surface area contributed by atoms with E-state index in [-0.39, 0.29) is 22.4 Å². The molecular weight excluding hydrogens is 306 g/mol. The third kappa shape index (κ3) is 3.67. The van der Waals surface area contributed by atoms with Gasteiger partial charge in [-0.1, -0.05) is 17.7 Å². The van der Waals surface area contributed by atoms with E-state index in [1.807, 2.05) is 0 Å². The van der Waals surface area contributed by atoms with E-state index in [9.17, 15) is 9.90 Å². The number of phenolic OH excluding ortho intramolecular Hbond substituents is 1.